The third kappa shape index (κ3) is 14.7. The summed E-state index contributed by atoms with van der Waals surface area (Å²) in [6.45, 7) is 18.4. The summed E-state index contributed by atoms with van der Waals surface area (Å²) < 4.78 is 37.0. The van der Waals surface area contributed by atoms with Gasteiger partial charge in [0.05, 0.1) is 36.4 Å². The van der Waals surface area contributed by atoms with Gasteiger partial charge in [0.2, 0.25) is 0 Å². The summed E-state index contributed by atoms with van der Waals surface area (Å²) >= 11 is 0. The predicted octanol–water partition coefficient (Wildman–Crippen LogP) is 10.8. The van der Waals surface area contributed by atoms with Crippen molar-refractivity contribution in [3.05, 3.63) is 92.1 Å². The molecule has 2 aromatic carbocycles. The Morgan fingerprint density at radius 2 is 1.08 bits per heavy atom. The predicted molar refractivity (Wildman–Crippen MR) is 314 cm³/mol. The number of allylic oxidation sites excluding steroid dienone is 8. The number of carboxylic acid groups (broad SMARTS) is 1. The maximum absolute atomic E-state index is 14.7. The van der Waals surface area contributed by atoms with E-state index in [0.29, 0.717) is 112 Å². The van der Waals surface area contributed by atoms with Crippen LogP contribution in [0.15, 0.2) is 58.7 Å². The van der Waals surface area contributed by atoms with Crippen molar-refractivity contribution in [3.63, 3.8) is 0 Å². The Morgan fingerprint density at radius 3 is 1.52 bits per heavy atom. The number of aliphatic hydroxyl groups excluding tert-OH is 2. The molecule has 2 fully saturated rings. The lowest BCUT2D eigenvalue weighted by molar-refractivity contribution is -0.142. The second-order valence-corrected chi connectivity index (χ2v) is 24.8. The van der Waals surface area contributed by atoms with Crippen LogP contribution in [0.2, 0.25) is 0 Å². The van der Waals surface area contributed by atoms with E-state index < -0.39 is 53.5 Å². The van der Waals surface area contributed by atoms with Gasteiger partial charge in [0, 0.05) is 94.2 Å². The Morgan fingerprint density at radius 1 is 0.651 bits per heavy atom. The molecule has 0 spiro atoms. The number of benzene rings is 2. The number of fused-ring (bicyclic) bond motifs is 6. The minimum Gasteiger partial charge on any atom is -0.484 e. The fraction of sp³-hybridized carbons (Fsp3) is 0.615. The van der Waals surface area contributed by atoms with Crippen molar-refractivity contribution in [2.45, 2.75) is 213 Å². The lowest BCUT2D eigenvalue weighted by Crippen LogP contribution is -2.49. The zero-order chi connectivity index (χ0) is 59.9. The fourth-order valence-electron chi connectivity index (χ4n) is 12.3. The van der Waals surface area contributed by atoms with Gasteiger partial charge in [-0.15, -0.1) is 0 Å². The molecule has 83 heavy (non-hydrogen) atoms. The molecule has 6 heterocycles. The number of carbonyl (C=O) groups is 5. The molecule has 4 amide bonds. The van der Waals surface area contributed by atoms with Gasteiger partial charge < -0.3 is 63.3 Å². The van der Waals surface area contributed by atoms with Crippen LogP contribution in [0.25, 0.3) is 0 Å². The first kappa shape index (κ1) is 62.8. The van der Waals surface area contributed by atoms with Gasteiger partial charge in [-0.05, 0) is 157 Å². The van der Waals surface area contributed by atoms with Crippen molar-refractivity contribution in [1.82, 2.24) is 19.6 Å². The fourth-order valence-corrected chi connectivity index (χ4v) is 12.3. The van der Waals surface area contributed by atoms with Crippen LogP contribution in [0.5, 0.6) is 23.0 Å². The van der Waals surface area contributed by atoms with Crippen LogP contribution in [0, 0.1) is 0 Å². The van der Waals surface area contributed by atoms with Crippen molar-refractivity contribution < 1.29 is 67.7 Å². The highest BCUT2D eigenvalue weighted by Crippen LogP contribution is 2.49. The molecular weight excluding hydrogens is 1060 g/mol. The van der Waals surface area contributed by atoms with E-state index >= 15 is 0 Å². The van der Waals surface area contributed by atoms with E-state index in [-0.39, 0.29) is 85.9 Å². The minimum absolute atomic E-state index is 0.0206. The molecule has 6 aliphatic heterocycles. The molecular formula is C65H90N4O14. The highest BCUT2D eigenvalue weighted by molar-refractivity contribution is 6.02. The number of nitrogens with zero attached hydrogens (tertiary/aromatic N) is 4. The second kappa shape index (κ2) is 27.2. The Balaban J connectivity index is 1.02. The molecule has 0 radical (unpaired) electrons. The lowest BCUT2D eigenvalue weighted by Gasteiger charge is -2.41. The SMILES string of the molecule is CC(C)=CCC/C(C)=C/CC[C@@]1(C)Oc2c(c(OC(=O)N(C)C3CCOCC3)cc3c2CN(CCC[C@@H](C(=O)O)N2Cc4c(cc(OC(=O)N(C)C5CCOCC5)c5c4O[C@](C)(CC/C=C(\C)CCC=C(C)C)[C@@H](O)C5)C2=O)C3=O)C[C@@H]1O. The van der Waals surface area contributed by atoms with Crippen LogP contribution in [-0.2, 0) is 40.2 Å². The van der Waals surface area contributed by atoms with Gasteiger partial charge in [0.1, 0.15) is 40.2 Å². The topological polar surface area (TPSA) is 214 Å². The van der Waals surface area contributed by atoms with E-state index in [2.05, 4.69) is 65.8 Å². The molecule has 18 nitrogen and oxygen atoms in total. The number of carboxylic acids is 1. The number of hydrogen-bond donors (Lipinski definition) is 3. The number of aliphatic hydroxyl groups is 2. The van der Waals surface area contributed by atoms with Crippen molar-refractivity contribution >= 4 is 30.0 Å². The van der Waals surface area contributed by atoms with Crippen molar-refractivity contribution in [1.29, 1.82) is 0 Å². The second-order valence-electron chi connectivity index (χ2n) is 24.8. The maximum Gasteiger partial charge on any atom is 0.415 e. The van der Waals surface area contributed by atoms with E-state index in [1.807, 2.05) is 13.8 Å². The molecule has 2 saturated heterocycles. The molecule has 0 aliphatic carbocycles. The molecule has 5 atom stereocenters. The molecule has 2 aromatic rings. The summed E-state index contributed by atoms with van der Waals surface area (Å²) in [7, 11) is 3.35. The quantitative estimate of drug-likeness (QED) is 0.0936. The van der Waals surface area contributed by atoms with Crippen LogP contribution in [0.1, 0.15) is 188 Å². The first-order chi connectivity index (χ1) is 39.5. The molecule has 0 saturated carbocycles. The highest BCUT2D eigenvalue weighted by atomic mass is 16.6. The number of carbonyl (C=O) groups excluding carboxylic acids is 4. The molecule has 0 aromatic heterocycles. The molecule has 6 aliphatic rings. The average molecular weight is 1150 g/mol. The number of ether oxygens (including phenoxy) is 6. The lowest BCUT2D eigenvalue weighted by atomic mass is 9.84. The summed E-state index contributed by atoms with van der Waals surface area (Å²) in [6, 6.07) is 1.50. The zero-order valence-corrected chi connectivity index (χ0v) is 50.7. The van der Waals surface area contributed by atoms with Crippen LogP contribution >= 0.6 is 0 Å². The molecule has 8 rings (SSSR count). The van der Waals surface area contributed by atoms with E-state index in [4.69, 9.17) is 28.4 Å². The Kier molecular flexibility index (Phi) is 20.6. The minimum atomic E-state index is -1.32. The van der Waals surface area contributed by atoms with Crippen LogP contribution in [0.4, 0.5) is 9.59 Å². The van der Waals surface area contributed by atoms with Crippen LogP contribution in [-0.4, -0.2) is 153 Å². The van der Waals surface area contributed by atoms with E-state index in [1.165, 1.54) is 38.2 Å². The first-order valence-electron chi connectivity index (χ1n) is 30.1. The van der Waals surface area contributed by atoms with Gasteiger partial charge in [0.25, 0.3) is 11.8 Å². The summed E-state index contributed by atoms with van der Waals surface area (Å²) in [4.78, 5) is 76.3. The van der Waals surface area contributed by atoms with Crippen molar-refractivity contribution in [3.8, 4) is 23.0 Å². The zero-order valence-electron chi connectivity index (χ0n) is 50.7. The van der Waals surface area contributed by atoms with Crippen molar-refractivity contribution in [2.24, 2.45) is 0 Å². The van der Waals surface area contributed by atoms with Gasteiger partial charge in [-0.3, -0.25) is 9.59 Å². The average Bonchev–Trinajstić information content (AvgIpc) is 2.23. The Labute approximate surface area is 490 Å². The Bertz CT molecular complexity index is 2870. The van der Waals surface area contributed by atoms with Gasteiger partial charge >= 0.3 is 18.2 Å². The van der Waals surface area contributed by atoms with E-state index in [1.54, 1.807) is 30.0 Å². The van der Waals surface area contributed by atoms with Gasteiger partial charge in [-0.2, -0.15) is 0 Å². The van der Waals surface area contributed by atoms with Gasteiger partial charge in [-0.25, -0.2) is 14.4 Å². The van der Waals surface area contributed by atoms with Crippen molar-refractivity contribution in [2.75, 3.05) is 47.1 Å². The van der Waals surface area contributed by atoms with Gasteiger partial charge in [-0.1, -0.05) is 46.6 Å². The third-order valence-electron chi connectivity index (χ3n) is 17.9. The van der Waals surface area contributed by atoms with E-state index in [0.717, 1.165) is 25.7 Å². The normalized spacial score (nSPS) is 23.0. The molecule has 0 bridgehead atoms. The Hall–Kier alpha value is -6.21. The number of hydrogen-bond acceptors (Lipinski definition) is 13. The number of aliphatic carboxylic acids is 1. The van der Waals surface area contributed by atoms with E-state index in [9.17, 15) is 39.3 Å². The number of amides is 4. The largest absolute Gasteiger partial charge is 0.484 e. The maximum atomic E-state index is 14.7. The summed E-state index contributed by atoms with van der Waals surface area (Å²) in [5, 5.41) is 34.6. The first-order valence-corrected chi connectivity index (χ1v) is 30.1. The number of rotatable bonds is 22. The third-order valence-corrected chi connectivity index (χ3v) is 17.9. The molecule has 18 heteroatoms. The van der Waals surface area contributed by atoms with Crippen LogP contribution in [0.3, 0.4) is 0 Å². The smallest absolute Gasteiger partial charge is 0.415 e. The molecule has 0 unspecified atom stereocenters. The summed E-state index contributed by atoms with van der Waals surface area (Å²) in [5.74, 6) is -1.27. The molecule has 454 valence electrons. The summed E-state index contributed by atoms with van der Waals surface area (Å²) in [5.41, 5.74) is 5.23. The summed E-state index contributed by atoms with van der Waals surface area (Å²) in [6.07, 6.45) is 14.3. The van der Waals surface area contributed by atoms with Crippen LogP contribution < -0.4 is 18.9 Å². The highest BCUT2D eigenvalue weighted by Gasteiger charge is 2.48. The van der Waals surface area contributed by atoms with Gasteiger partial charge in [0.15, 0.2) is 0 Å². The monoisotopic (exact) mass is 1150 g/mol. The molecule has 3 N–H and O–H groups in total. The standard InChI is InChI=1S/C65H90N4O14/c1-40(2)16-11-18-42(5)20-13-27-64(7)55(70)36-48-53(80-62(76)66(9)44-23-30-78-31-24-44)34-46-50(57(48)82-64)38-68(59(46)72)29-15-22-52(61(74)75)69-39-51-47(60(69)73)35-54(81-63(77)67(10)45-25-32-79-33-26-45)49-37-56(71)65(8,83-58(49)51)28-14-21-43(6)19-12-17-41(3)4/h16-17,20-21,34-35,44-45,52,55-56,70-71H,11-15,18-19,22-33,36-39H2,1-10H3,(H,74,75)/b42-20+,43-21+/t52-,55-,56-,64+,65+/m0/s1.